The van der Waals surface area contributed by atoms with Gasteiger partial charge < -0.3 is 23.7 Å². The molecule has 0 N–H and O–H groups in total. The molecule has 0 spiro atoms. The lowest BCUT2D eigenvalue weighted by molar-refractivity contribution is -0.267. The summed E-state index contributed by atoms with van der Waals surface area (Å²) in [6.07, 6.45) is -3.34. The summed E-state index contributed by atoms with van der Waals surface area (Å²) in [7, 11) is 0. The maximum Gasteiger partial charge on any atom is 0.303 e. The molecule has 138 valence electrons. The number of rotatable bonds is 6. The average molecular weight is 458 g/mol. The van der Waals surface area contributed by atoms with E-state index in [0.717, 1.165) is 0 Å². The third-order valence-electron chi connectivity index (χ3n) is 3.03. The zero-order valence-corrected chi connectivity index (χ0v) is 16.5. The maximum absolute atomic E-state index is 11.5. The molecule has 0 aromatic heterocycles. The molecule has 9 heteroatoms. The predicted molar refractivity (Wildman–Crippen MR) is 90.4 cm³/mol. The topological polar surface area (TPSA) is 97.4 Å². The Bertz CT molecular complexity index is 466. The quantitative estimate of drug-likeness (QED) is 0.255. The van der Waals surface area contributed by atoms with Crippen LogP contribution in [0.1, 0.15) is 34.6 Å². The third kappa shape index (κ3) is 6.52. The molecule has 0 aliphatic carbocycles. The van der Waals surface area contributed by atoms with Crippen LogP contribution >= 0.6 is 22.6 Å². The second-order valence-corrected chi connectivity index (χ2v) is 7.06. The molecule has 0 aromatic carbocycles. The van der Waals surface area contributed by atoms with E-state index in [4.69, 9.17) is 23.7 Å². The van der Waals surface area contributed by atoms with E-state index in [-0.39, 0.29) is 12.7 Å². The number of hydrogen-bond acceptors (Lipinski definition) is 8. The van der Waals surface area contributed by atoms with Crippen molar-refractivity contribution in [3.63, 3.8) is 0 Å². The molecule has 1 saturated heterocycles. The van der Waals surface area contributed by atoms with Crippen LogP contribution in [-0.4, -0.2) is 59.1 Å². The van der Waals surface area contributed by atoms with Crippen LogP contribution in [0.15, 0.2) is 0 Å². The molecule has 1 fully saturated rings. The van der Waals surface area contributed by atoms with Gasteiger partial charge in [0.05, 0.1) is 6.10 Å². The fourth-order valence-electron chi connectivity index (χ4n) is 2.24. The molecule has 1 aliphatic rings. The van der Waals surface area contributed by atoms with Gasteiger partial charge in [-0.1, -0.05) is 22.6 Å². The minimum atomic E-state index is -0.903. The fourth-order valence-corrected chi connectivity index (χ4v) is 3.13. The van der Waals surface area contributed by atoms with E-state index < -0.39 is 46.4 Å². The zero-order valence-electron chi connectivity index (χ0n) is 14.3. The highest BCUT2D eigenvalue weighted by atomic mass is 127. The van der Waals surface area contributed by atoms with E-state index in [2.05, 4.69) is 0 Å². The highest BCUT2D eigenvalue weighted by molar-refractivity contribution is 14.1. The molecule has 0 aromatic rings. The first-order valence-electron chi connectivity index (χ1n) is 7.54. The summed E-state index contributed by atoms with van der Waals surface area (Å²) in [5, 5.41) is 0. The van der Waals surface area contributed by atoms with E-state index in [1.807, 2.05) is 36.4 Å². The van der Waals surface area contributed by atoms with Crippen molar-refractivity contribution >= 4 is 40.5 Å². The van der Waals surface area contributed by atoms with Crippen LogP contribution in [0.5, 0.6) is 0 Å². The van der Waals surface area contributed by atoms with Crippen LogP contribution in [0.25, 0.3) is 0 Å². The smallest absolute Gasteiger partial charge is 0.303 e. The number of hydrogen-bond donors (Lipinski definition) is 0. The standard InChI is InChI=1S/C15H23IO8/c1-7(2)21-15-12(16)14(23-10(5)19)13(22-9(4)18)11(24-15)6-20-8(3)17/h7,11-15H,6H2,1-5H3/t11-,12+,13-,14-,15+/m1/s1. The van der Waals surface area contributed by atoms with E-state index >= 15 is 0 Å². The summed E-state index contributed by atoms with van der Waals surface area (Å²) in [5.74, 6) is -1.57. The molecular weight excluding hydrogens is 435 g/mol. The number of esters is 3. The number of carbonyl (C=O) groups excluding carboxylic acids is 3. The lowest BCUT2D eigenvalue weighted by atomic mass is 10.0. The Morgan fingerprint density at radius 1 is 1.00 bits per heavy atom. The van der Waals surface area contributed by atoms with Crippen molar-refractivity contribution in [2.24, 2.45) is 0 Å². The minimum Gasteiger partial charge on any atom is -0.463 e. The van der Waals surface area contributed by atoms with E-state index in [0.29, 0.717) is 0 Å². The van der Waals surface area contributed by atoms with Gasteiger partial charge in [0, 0.05) is 20.8 Å². The van der Waals surface area contributed by atoms with Crippen molar-refractivity contribution in [3.8, 4) is 0 Å². The van der Waals surface area contributed by atoms with Crippen LogP contribution in [-0.2, 0) is 38.1 Å². The van der Waals surface area contributed by atoms with Crippen LogP contribution in [0.3, 0.4) is 0 Å². The minimum absolute atomic E-state index is 0.134. The summed E-state index contributed by atoms with van der Waals surface area (Å²) in [6.45, 7) is 7.30. The molecule has 0 unspecified atom stereocenters. The van der Waals surface area contributed by atoms with Gasteiger partial charge in [0.2, 0.25) is 0 Å². The second kappa shape index (κ2) is 9.52. The van der Waals surface area contributed by atoms with Crippen molar-refractivity contribution in [2.75, 3.05) is 6.61 Å². The van der Waals surface area contributed by atoms with Gasteiger partial charge in [0.1, 0.15) is 16.6 Å². The normalized spacial score (nSPS) is 29.9. The molecule has 0 bridgehead atoms. The first kappa shape index (κ1) is 21.1. The zero-order chi connectivity index (χ0) is 18.4. The van der Waals surface area contributed by atoms with E-state index in [1.54, 1.807) is 0 Å². The van der Waals surface area contributed by atoms with Gasteiger partial charge in [-0.3, -0.25) is 14.4 Å². The summed E-state index contributed by atoms with van der Waals surface area (Å²) in [5.41, 5.74) is 0. The molecule has 8 nitrogen and oxygen atoms in total. The van der Waals surface area contributed by atoms with Crippen LogP contribution in [0.2, 0.25) is 0 Å². The molecule has 1 heterocycles. The molecule has 5 atom stereocenters. The van der Waals surface area contributed by atoms with Gasteiger partial charge in [-0.05, 0) is 13.8 Å². The summed E-state index contributed by atoms with van der Waals surface area (Å²) in [6, 6.07) is 0. The van der Waals surface area contributed by atoms with Gasteiger partial charge in [0.15, 0.2) is 18.5 Å². The third-order valence-corrected chi connectivity index (χ3v) is 4.33. The number of ether oxygens (including phenoxy) is 5. The summed E-state index contributed by atoms with van der Waals surface area (Å²) >= 11 is 2.04. The number of alkyl halides is 1. The summed E-state index contributed by atoms with van der Waals surface area (Å²) < 4.78 is 26.7. The Balaban J connectivity index is 3.06. The SMILES string of the molecule is CC(=O)OC[C@H]1O[C@H](OC(C)C)[C@@H](I)[C@@H](OC(C)=O)[C@@H]1OC(C)=O. The average Bonchev–Trinajstić information content (AvgIpc) is 2.42. The van der Waals surface area contributed by atoms with Crippen LogP contribution in [0.4, 0.5) is 0 Å². The molecule has 1 aliphatic heterocycles. The van der Waals surface area contributed by atoms with Crippen LogP contribution < -0.4 is 0 Å². The molecule has 0 amide bonds. The monoisotopic (exact) mass is 458 g/mol. The van der Waals surface area contributed by atoms with Crippen molar-refractivity contribution < 1.29 is 38.1 Å². The summed E-state index contributed by atoms with van der Waals surface area (Å²) in [4.78, 5) is 34.0. The highest BCUT2D eigenvalue weighted by Gasteiger charge is 2.50. The molecule has 0 radical (unpaired) electrons. The molecule has 1 rings (SSSR count). The Morgan fingerprint density at radius 2 is 1.54 bits per heavy atom. The Morgan fingerprint density at radius 3 is 2.00 bits per heavy atom. The lowest BCUT2D eigenvalue weighted by Crippen LogP contribution is -2.60. The number of carbonyl (C=O) groups is 3. The largest absolute Gasteiger partial charge is 0.463 e. The Kier molecular flexibility index (Phi) is 8.37. The van der Waals surface area contributed by atoms with Crippen molar-refractivity contribution in [1.29, 1.82) is 0 Å². The van der Waals surface area contributed by atoms with Gasteiger partial charge in [-0.2, -0.15) is 0 Å². The first-order valence-corrected chi connectivity index (χ1v) is 8.79. The van der Waals surface area contributed by atoms with E-state index in [1.165, 1.54) is 20.8 Å². The van der Waals surface area contributed by atoms with Crippen molar-refractivity contribution in [2.45, 2.75) is 69.2 Å². The second-order valence-electron chi connectivity index (χ2n) is 5.62. The van der Waals surface area contributed by atoms with Gasteiger partial charge in [-0.25, -0.2) is 0 Å². The maximum atomic E-state index is 11.5. The molecule has 24 heavy (non-hydrogen) atoms. The number of halogens is 1. The van der Waals surface area contributed by atoms with E-state index in [9.17, 15) is 14.4 Å². The van der Waals surface area contributed by atoms with Gasteiger partial charge in [-0.15, -0.1) is 0 Å². The molecule has 0 saturated carbocycles. The van der Waals surface area contributed by atoms with Crippen LogP contribution in [0, 0.1) is 0 Å². The van der Waals surface area contributed by atoms with Gasteiger partial charge in [0.25, 0.3) is 0 Å². The fraction of sp³-hybridized carbons (Fsp3) is 0.800. The first-order chi connectivity index (χ1) is 11.1. The highest BCUT2D eigenvalue weighted by Crippen LogP contribution is 2.32. The Hall–Kier alpha value is -0.940. The van der Waals surface area contributed by atoms with Crippen molar-refractivity contribution in [1.82, 2.24) is 0 Å². The van der Waals surface area contributed by atoms with Crippen molar-refractivity contribution in [3.05, 3.63) is 0 Å². The lowest BCUT2D eigenvalue weighted by Gasteiger charge is -2.43. The molecular formula is C15H23IO8. The predicted octanol–water partition coefficient (Wildman–Crippen LogP) is 1.37. The van der Waals surface area contributed by atoms with Gasteiger partial charge >= 0.3 is 17.9 Å². The Labute approximate surface area is 154 Å².